The third kappa shape index (κ3) is 5.94. The van der Waals surface area contributed by atoms with Gasteiger partial charge in [-0.2, -0.15) is 0 Å². The van der Waals surface area contributed by atoms with Crippen molar-refractivity contribution < 1.29 is 4.79 Å². The van der Waals surface area contributed by atoms with Crippen LogP contribution in [-0.2, 0) is 6.42 Å². The van der Waals surface area contributed by atoms with Crippen LogP contribution >= 0.6 is 27.5 Å². The van der Waals surface area contributed by atoms with Crippen molar-refractivity contribution in [2.75, 3.05) is 11.9 Å². The van der Waals surface area contributed by atoms with Gasteiger partial charge in [0.25, 0.3) is 5.91 Å². The Hall–Kier alpha value is -2.64. The summed E-state index contributed by atoms with van der Waals surface area (Å²) in [5.74, 6) is 0.0675. The van der Waals surface area contributed by atoms with Crippen molar-refractivity contribution in [3.8, 4) is 0 Å². The topological polar surface area (TPSA) is 82.2 Å². The van der Waals surface area contributed by atoms with Gasteiger partial charge in [0.15, 0.2) is 0 Å². The number of benzene rings is 2. The van der Waals surface area contributed by atoms with Crippen molar-refractivity contribution in [2.24, 2.45) is 4.99 Å². The van der Waals surface area contributed by atoms with E-state index in [1.165, 1.54) is 0 Å². The minimum absolute atomic E-state index is 0.291. The first-order chi connectivity index (χ1) is 13.1. The first-order valence-corrected chi connectivity index (χ1v) is 9.38. The van der Waals surface area contributed by atoms with Gasteiger partial charge < -0.3 is 10.3 Å². The molecule has 1 amide bonds. The number of nitrogens with one attached hydrogen (secondary N) is 3. The Morgan fingerprint density at radius 3 is 2.81 bits per heavy atom. The zero-order valence-corrected chi connectivity index (χ0v) is 16.6. The molecule has 0 spiro atoms. The molecule has 3 N–H and O–H groups in total. The number of carbonyl (C=O) groups is 1. The SMILES string of the molecule is O=C(NC(=NCCc1cnc[nH]1)Nc1cccc(Br)c1)c1cccc(Cl)c1. The van der Waals surface area contributed by atoms with Crippen LogP contribution in [0.2, 0.25) is 5.02 Å². The Balaban J connectivity index is 1.74. The van der Waals surface area contributed by atoms with Gasteiger partial charge in [-0.1, -0.05) is 39.7 Å². The lowest BCUT2D eigenvalue weighted by Crippen LogP contribution is -2.36. The van der Waals surface area contributed by atoms with Crippen LogP contribution in [0.3, 0.4) is 0 Å². The van der Waals surface area contributed by atoms with Gasteiger partial charge in [0.1, 0.15) is 0 Å². The average molecular weight is 447 g/mol. The summed E-state index contributed by atoms with van der Waals surface area (Å²) in [6.45, 7) is 0.481. The van der Waals surface area contributed by atoms with Crippen molar-refractivity contribution in [1.82, 2.24) is 15.3 Å². The van der Waals surface area contributed by atoms with E-state index in [-0.39, 0.29) is 5.91 Å². The number of amides is 1. The second kappa shape index (κ2) is 9.34. The summed E-state index contributed by atoms with van der Waals surface area (Å²) in [5, 5.41) is 6.45. The summed E-state index contributed by atoms with van der Waals surface area (Å²) in [5.41, 5.74) is 2.23. The highest BCUT2D eigenvalue weighted by Crippen LogP contribution is 2.16. The standard InChI is InChI=1S/C19H17BrClN5O/c20-14-4-2-6-16(10-14)25-19(23-8-7-17-11-22-12-24-17)26-18(27)13-3-1-5-15(21)9-13/h1-6,9-12H,7-8H2,(H,22,24)(H2,23,25,26,27). The number of hydrogen-bond donors (Lipinski definition) is 3. The maximum Gasteiger partial charge on any atom is 0.258 e. The Kier molecular flexibility index (Phi) is 6.62. The molecular formula is C19H17BrClN5O. The van der Waals surface area contributed by atoms with Crippen molar-refractivity contribution in [1.29, 1.82) is 0 Å². The highest BCUT2D eigenvalue weighted by Gasteiger charge is 2.10. The molecule has 2 aromatic carbocycles. The Morgan fingerprint density at radius 1 is 1.22 bits per heavy atom. The molecule has 0 aliphatic rings. The maximum absolute atomic E-state index is 12.5. The Bertz CT molecular complexity index is 943. The maximum atomic E-state index is 12.5. The minimum Gasteiger partial charge on any atom is -0.348 e. The van der Waals surface area contributed by atoms with Crippen molar-refractivity contribution in [2.45, 2.75) is 6.42 Å². The summed E-state index contributed by atoms with van der Waals surface area (Å²) < 4.78 is 0.922. The fourth-order valence-corrected chi connectivity index (χ4v) is 2.92. The van der Waals surface area contributed by atoms with Gasteiger partial charge in [0.05, 0.1) is 6.33 Å². The zero-order chi connectivity index (χ0) is 19.1. The van der Waals surface area contributed by atoms with E-state index >= 15 is 0 Å². The number of hydrogen-bond acceptors (Lipinski definition) is 3. The van der Waals surface area contributed by atoms with Crippen molar-refractivity contribution >= 4 is 45.1 Å². The molecule has 0 aliphatic carbocycles. The molecule has 0 saturated heterocycles. The van der Waals surface area contributed by atoms with Crippen molar-refractivity contribution in [3.05, 3.63) is 81.8 Å². The molecule has 1 heterocycles. The third-order valence-electron chi connectivity index (χ3n) is 3.61. The van der Waals surface area contributed by atoms with Crippen LogP contribution in [0.15, 0.2) is 70.5 Å². The monoisotopic (exact) mass is 445 g/mol. The zero-order valence-electron chi connectivity index (χ0n) is 14.2. The molecule has 8 heteroatoms. The smallest absolute Gasteiger partial charge is 0.258 e. The van der Waals surface area contributed by atoms with Gasteiger partial charge in [-0.05, 0) is 36.4 Å². The van der Waals surface area contributed by atoms with Crippen LogP contribution in [0, 0.1) is 0 Å². The molecule has 27 heavy (non-hydrogen) atoms. The molecule has 0 saturated carbocycles. The lowest BCUT2D eigenvalue weighted by Gasteiger charge is -2.12. The number of guanidine groups is 1. The highest BCUT2D eigenvalue weighted by atomic mass is 79.9. The number of H-pyrrole nitrogens is 1. The third-order valence-corrected chi connectivity index (χ3v) is 4.34. The summed E-state index contributed by atoms with van der Waals surface area (Å²) in [7, 11) is 0. The number of imidazole rings is 1. The van der Waals surface area contributed by atoms with Crippen LogP contribution in [0.5, 0.6) is 0 Å². The van der Waals surface area contributed by atoms with E-state index in [4.69, 9.17) is 11.6 Å². The van der Waals surface area contributed by atoms with Gasteiger partial charge in [0, 0.05) is 45.6 Å². The molecule has 6 nitrogen and oxygen atoms in total. The van der Waals surface area contributed by atoms with Gasteiger partial charge in [-0.15, -0.1) is 0 Å². The van der Waals surface area contributed by atoms with Gasteiger partial charge in [-0.3, -0.25) is 15.1 Å². The largest absolute Gasteiger partial charge is 0.348 e. The summed E-state index contributed by atoms with van der Waals surface area (Å²) in [6, 6.07) is 14.4. The lowest BCUT2D eigenvalue weighted by molar-refractivity contribution is 0.0977. The second-order valence-electron chi connectivity index (χ2n) is 5.66. The Labute approximate surface area is 170 Å². The van der Waals surface area contributed by atoms with Gasteiger partial charge in [0.2, 0.25) is 5.96 Å². The molecule has 0 unspecified atom stereocenters. The molecule has 0 fully saturated rings. The number of aromatic nitrogens is 2. The number of aromatic amines is 1. The van der Waals surface area contributed by atoms with Gasteiger partial charge in [-0.25, -0.2) is 4.98 Å². The predicted molar refractivity (Wildman–Crippen MR) is 111 cm³/mol. The fourth-order valence-electron chi connectivity index (χ4n) is 2.33. The summed E-state index contributed by atoms with van der Waals surface area (Å²) >= 11 is 9.41. The van der Waals surface area contributed by atoms with Crippen LogP contribution < -0.4 is 10.6 Å². The summed E-state index contributed by atoms with van der Waals surface area (Å²) in [4.78, 5) is 24.0. The highest BCUT2D eigenvalue weighted by molar-refractivity contribution is 9.10. The minimum atomic E-state index is -0.291. The molecular weight excluding hydrogens is 430 g/mol. The van der Waals surface area contributed by atoms with E-state index in [9.17, 15) is 4.79 Å². The van der Waals surface area contributed by atoms with Crippen LogP contribution in [0.4, 0.5) is 5.69 Å². The van der Waals surface area contributed by atoms with E-state index in [0.29, 0.717) is 29.5 Å². The molecule has 3 rings (SSSR count). The van der Waals surface area contributed by atoms with E-state index in [1.54, 1.807) is 36.8 Å². The first-order valence-electron chi connectivity index (χ1n) is 8.21. The number of rotatable bonds is 5. The van der Waals surface area contributed by atoms with E-state index in [0.717, 1.165) is 15.9 Å². The van der Waals surface area contributed by atoms with Crippen LogP contribution in [0.25, 0.3) is 0 Å². The number of anilines is 1. The molecule has 0 atom stereocenters. The second-order valence-corrected chi connectivity index (χ2v) is 7.01. The number of nitrogens with zero attached hydrogens (tertiary/aromatic N) is 2. The average Bonchev–Trinajstić information content (AvgIpc) is 3.15. The molecule has 0 bridgehead atoms. The van der Waals surface area contributed by atoms with Crippen LogP contribution in [-0.4, -0.2) is 28.4 Å². The molecule has 1 aromatic heterocycles. The quantitative estimate of drug-likeness (QED) is 0.404. The number of aliphatic imine (C=N–C) groups is 1. The molecule has 138 valence electrons. The molecule has 3 aromatic rings. The number of halogens is 2. The lowest BCUT2D eigenvalue weighted by atomic mass is 10.2. The summed E-state index contributed by atoms with van der Waals surface area (Å²) in [6.07, 6.45) is 4.05. The van der Waals surface area contributed by atoms with Crippen LogP contribution in [0.1, 0.15) is 16.1 Å². The number of carbonyl (C=O) groups excluding carboxylic acids is 1. The normalized spacial score (nSPS) is 11.3. The predicted octanol–water partition coefficient (Wildman–Crippen LogP) is 4.27. The van der Waals surface area contributed by atoms with Crippen molar-refractivity contribution in [3.63, 3.8) is 0 Å². The van der Waals surface area contributed by atoms with E-state index < -0.39 is 0 Å². The fraction of sp³-hybridized carbons (Fsp3) is 0.105. The molecule has 0 radical (unpaired) electrons. The van der Waals surface area contributed by atoms with E-state index in [2.05, 4.69) is 41.5 Å². The first kappa shape index (κ1) is 19.1. The van der Waals surface area contributed by atoms with E-state index in [1.807, 2.05) is 24.3 Å². The van der Waals surface area contributed by atoms with Gasteiger partial charge >= 0.3 is 0 Å². The molecule has 0 aliphatic heterocycles. The Morgan fingerprint density at radius 2 is 2.07 bits per heavy atom.